The summed E-state index contributed by atoms with van der Waals surface area (Å²) in [5, 5.41) is 0. The van der Waals surface area contributed by atoms with E-state index in [1.165, 1.54) is 12.1 Å². The lowest BCUT2D eigenvalue weighted by atomic mass is 10.0. The summed E-state index contributed by atoms with van der Waals surface area (Å²) in [5.41, 5.74) is 0.757. The molecule has 178 valence electrons. The molecule has 2 aromatic carbocycles. The molecular weight excluding hydrogens is 429 g/mol. The molecule has 0 aliphatic carbocycles. The average Bonchev–Trinajstić information content (AvgIpc) is 2.78. The third kappa shape index (κ3) is 6.36. The molecule has 0 saturated carbocycles. The SMILES string of the molecule is CC(C)C(=O)N1CCCCCCCN(C(=O)c2cccc(C(F)(F)F)c2)Cc2ccccc21. The summed E-state index contributed by atoms with van der Waals surface area (Å²) < 4.78 is 39.6. The highest BCUT2D eigenvalue weighted by atomic mass is 19.4. The Morgan fingerprint density at radius 1 is 0.879 bits per heavy atom. The van der Waals surface area contributed by atoms with Crippen molar-refractivity contribution in [2.75, 3.05) is 18.0 Å². The number of amides is 2. The predicted molar refractivity (Wildman–Crippen MR) is 123 cm³/mol. The van der Waals surface area contributed by atoms with Crippen molar-refractivity contribution in [3.8, 4) is 0 Å². The van der Waals surface area contributed by atoms with Crippen molar-refractivity contribution in [1.29, 1.82) is 0 Å². The van der Waals surface area contributed by atoms with Gasteiger partial charge in [-0.3, -0.25) is 9.59 Å². The number of carbonyl (C=O) groups excluding carboxylic acids is 2. The fraction of sp³-hybridized carbons (Fsp3) is 0.462. The first-order valence-corrected chi connectivity index (χ1v) is 11.5. The summed E-state index contributed by atoms with van der Waals surface area (Å²) in [4.78, 5) is 29.7. The molecule has 2 aromatic rings. The Morgan fingerprint density at radius 3 is 2.24 bits per heavy atom. The summed E-state index contributed by atoms with van der Waals surface area (Å²) in [6.07, 6.45) is 0.0539. The van der Waals surface area contributed by atoms with Gasteiger partial charge >= 0.3 is 6.18 Å². The minimum Gasteiger partial charge on any atom is -0.334 e. The van der Waals surface area contributed by atoms with Gasteiger partial charge in [-0.05, 0) is 42.7 Å². The highest BCUT2D eigenvalue weighted by molar-refractivity contribution is 5.96. The maximum Gasteiger partial charge on any atom is 0.416 e. The topological polar surface area (TPSA) is 40.6 Å². The molecule has 2 amide bonds. The van der Waals surface area contributed by atoms with E-state index in [0.717, 1.165) is 55.5 Å². The lowest BCUT2D eigenvalue weighted by Crippen LogP contribution is -2.37. The predicted octanol–water partition coefficient (Wildman–Crippen LogP) is 6.30. The molecule has 1 aliphatic heterocycles. The molecule has 1 heterocycles. The smallest absolute Gasteiger partial charge is 0.334 e. The molecule has 4 nitrogen and oxygen atoms in total. The van der Waals surface area contributed by atoms with Crippen LogP contribution in [-0.4, -0.2) is 29.8 Å². The third-order valence-electron chi connectivity index (χ3n) is 5.94. The van der Waals surface area contributed by atoms with Crippen LogP contribution in [0.25, 0.3) is 0 Å². The number of hydrogen-bond donors (Lipinski definition) is 0. The number of anilines is 1. The summed E-state index contributed by atoms with van der Waals surface area (Å²) in [6, 6.07) is 12.1. The van der Waals surface area contributed by atoms with Gasteiger partial charge in [0.05, 0.1) is 5.56 Å². The first kappa shape index (κ1) is 24.8. The number of rotatable bonds is 2. The van der Waals surface area contributed by atoms with Crippen LogP contribution >= 0.6 is 0 Å². The van der Waals surface area contributed by atoms with Crippen LogP contribution in [0.2, 0.25) is 0 Å². The Morgan fingerprint density at radius 2 is 1.55 bits per heavy atom. The summed E-state index contributed by atoms with van der Waals surface area (Å²) in [6.45, 7) is 5.01. The molecule has 0 radical (unpaired) electrons. The molecule has 0 saturated heterocycles. The minimum absolute atomic E-state index is 0.0181. The van der Waals surface area contributed by atoms with E-state index >= 15 is 0 Å². The Kier molecular flexibility index (Phi) is 8.16. The highest BCUT2D eigenvalue weighted by Crippen LogP contribution is 2.30. The van der Waals surface area contributed by atoms with Crippen molar-refractivity contribution in [2.45, 2.75) is 58.7 Å². The summed E-state index contributed by atoms with van der Waals surface area (Å²) >= 11 is 0. The van der Waals surface area contributed by atoms with Gasteiger partial charge in [0.15, 0.2) is 0 Å². The van der Waals surface area contributed by atoms with Gasteiger partial charge in [-0.25, -0.2) is 0 Å². The molecule has 0 aromatic heterocycles. The molecule has 0 fully saturated rings. The van der Waals surface area contributed by atoms with Crippen LogP contribution in [0.3, 0.4) is 0 Å². The van der Waals surface area contributed by atoms with Crippen molar-refractivity contribution in [3.05, 3.63) is 65.2 Å². The molecular formula is C26H31F3N2O2. The lowest BCUT2D eigenvalue weighted by molar-refractivity contribution is -0.137. The largest absolute Gasteiger partial charge is 0.416 e. The van der Waals surface area contributed by atoms with E-state index in [1.54, 1.807) is 9.80 Å². The van der Waals surface area contributed by atoms with Crippen LogP contribution in [-0.2, 0) is 17.5 Å². The van der Waals surface area contributed by atoms with Crippen LogP contribution < -0.4 is 4.90 Å². The van der Waals surface area contributed by atoms with Crippen LogP contribution in [0.4, 0.5) is 18.9 Å². The van der Waals surface area contributed by atoms with Crippen LogP contribution in [0.5, 0.6) is 0 Å². The molecule has 0 N–H and O–H groups in total. The lowest BCUT2D eigenvalue weighted by Gasteiger charge is -2.30. The van der Waals surface area contributed by atoms with Crippen LogP contribution in [0.1, 0.15) is 67.4 Å². The second-order valence-corrected chi connectivity index (χ2v) is 8.85. The number of halogens is 3. The van der Waals surface area contributed by atoms with E-state index in [-0.39, 0.29) is 23.9 Å². The van der Waals surface area contributed by atoms with E-state index in [0.29, 0.717) is 13.1 Å². The monoisotopic (exact) mass is 460 g/mol. The van der Waals surface area contributed by atoms with E-state index in [1.807, 2.05) is 38.1 Å². The van der Waals surface area contributed by atoms with Crippen molar-refractivity contribution in [3.63, 3.8) is 0 Å². The van der Waals surface area contributed by atoms with Gasteiger partial charge < -0.3 is 9.80 Å². The molecule has 33 heavy (non-hydrogen) atoms. The third-order valence-corrected chi connectivity index (χ3v) is 5.94. The Bertz CT molecular complexity index is 972. The van der Waals surface area contributed by atoms with E-state index in [9.17, 15) is 22.8 Å². The Balaban J connectivity index is 1.97. The molecule has 3 rings (SSSR count). The standard InChI is InChI=1S/C26H31F3N2O2/c1-19(2)24(32)31-16-9-5-3-4-8-15-30(18-21-11-6-7-14-23(21)31)25(33)20-12-10-13-22(17-20)26(27,28)29/h6-7,10-14,17,19H,3-5,8-9,15-16,18H2,1-2H3. The van der Waals surface area contributed by atoms with Crippen molar-refractivity contribution in [2.24, 2.45) is 5.92 Å². The number of benzene rings is 2. The number of fused-ring (bicyclic) bond motifs is 1. The Labute approximate surface area is 193 Å². The first-order valence-electron chi connectivity index (χ1n) is 11.5. The zero-order chi connectivity index (χ0) is 24.0. The zero-order valence-corrected chi connectivity index (χ0v) is 19.2. The summed E-state index contributed by atoms with van der Waals surface area (Å²) in [7, 11) is 0. The molecule has 0 spiro atoms. The number of hydrogen-bond acceptors (Lipinski definition) is 2. The van der Waals surface area contributed by atoms with Crippen LogP contribution in [0, 0.1) is 5.92 Å². The molecule has 0 bridgehead atoms. The quantitative estimate of drug-likeness (QED) is 0.528. The maximum atomic E-state index is 13.3. The van der Waals surface area contributed by atoms with Gasteiger partial charge in [-0.15, -0.1) is 0 Å². The second kappa shape index (κ2) is 10.9. The molecule has 1 aliphatic rings. The average molecular weight is 461 g/mol. The van der Waals surface area contributed by atoms with Gasteiger partial charge in [-0.2, -0.15) is 13.2 Å². The first-order chi connectivity index (χ1) is 15.7. The van der Waals surface area contributed by atoms with Crippen molar-refractivity contribution < 1.29 is 22.8 Å². The number of nitrogens with zero attached hydrogens (tertiary/aromatic N) is 2. The number of alkyl halides is 3. The zero-order valence-electron chi connectivity index (χ0n) is 19.2. The molecule has 0 atom stereocenters. The van der Waals surface area contributed by atoms with Gasteiger partial charge in [0.2, 0.25) is 5.91 Å². The fourth-order valence-corrected chi connectivity index (χ4v) is 4.14. The van der Waals surface area contributed by atoms with Crippen molar-refractivity contribution in [1.82, 2.24) is 4.90 Å². The van der Waals surface area contributed by atoms with Crippen molar-refractivity contribution >= 4 is 17.5 Å². The van der Waals surface area contributed by atoms with Gasteiger partial charge in [-0.1, -0.05) is 57.4 Å². The number of para-hydroxylation sites is 1. The minimum atomic E-state index is -4.51. The van der Waals surface area contributed by atoms with Gasteiger partial charge in [0.25, 0.3) is 5.91 Å². The molecule has 0 unspecified atom stereocenters. The van der Waals surface area contributed by atoms with Crippen LogP contribution in [0.15, 0.2) is 48.5 Å². The fourth-order valence-electron chi connectivity index (χ4n) is 4.14. The second-order valence-electron chi connectivity index (χ2n) is 8.85. The van der Waals surface area contributed by atoms with Gasteiger partial charge in [0, 0.05) is 36.8 Å². The van der Waals surface area contributed by atoms with E-state index in [2.05, 4.69) is 0 Å². The molecule has 7 heteroatoms. The maximum absolute atomic E-state index is 13.3. The Hall–Kier alpha value is -2.83. The van der Waals surface area contributed by atoms with Gasteiger partial charge in [0.1, 0.15) is 0 Å². The van der Waals surface area contributed by atoms with E-state index in [4.69, 9.17) is 0 Å². The highest BCUT2D eigenvalue weighted by Gasteiger charge is 2.31. The van der Waals surface area contributed by atoms with E-state index < -0.39 is 17.6 Å². The normalized spacial score (nSPS) is 16.1. The summed E-state index contributed by atoms with van der Waals surface area (Å²) in [5.74, 6) is -0.584. The number of carbonyl (C=O) groups is 2.